The largest absolute Gasteiger partial charge is 0.480 e. The van der Waals surface area contributed by atoms with Crippen molar-refractivity contribution in [1.82, 2.24) is 4.90 Å². The number of nitro groups is 1. The summed E-state index contributed by atoms with van der Waals surface area (Å²) in [5, 5.41) is 20.2. The van der Waals surface area contributed by atoms with Crippen molar-refractivity contribution in [2.24, 2.45) is 5.92 Å². The van der Waals surface area contributed by atoms with Crippen LogP contribution in [-0.4, -0.2) is 37.2 Å². The maximum atomic E-state index is 12.5. The summed E-state index contributed by atoms with van der Waals surface area (Å²) in [4.78, 5) is 35.6. The number of rotatable bonds is 5. The molecule has 126 valence electrons. The number of carboxylic acids is 1. The minimum atomic E-state index is -1.13. The molecule has 1 atom stereocenters. The smallest absolute Gasteiger partial charge is 0.327 e. The monoisotopic (exact) mass is 366 g/mol. The third kappa shape index (κ3) is 3.62. The summed E-state index contributed by atoms with van der Waals surface area (Å²) in [5.41, 5.74) is 0.381. The Morgan fingerprint density at radius 1 is 1.46 bits per heavy atom. The molecule has 1 aliphatic rings. The number of thiocarbonyl (C=S) groups is 1. The van der Waals surface area contributed by atoms with Crippen LogP contribution in [0.1, 0.15) is 19.4 Å². The lowest BCUT2D eigenvalue weighted by atomic mass is 10.0. The zero-order valence-corrected chi connectivity index (χ0v) is 14.5. The van der Waals surface area contributed by atoms with Crippen LogP contribution >= 0.6 is 24.0 Å². The summed E-state index contributed by atoms with van der Waals surface area (Å²) in [5.74, 6) is -1.95. The highest BCUT2D eigenvalue weighted by atomic mass is 32.2. The van der Waals surface area contributed by atoms with Crippen molar-refractivity contribution in [3.63, 3.8) is 0 Å². The van der Waals surface area contributed by atoms with Crippen LogP contribution in [-0.2, 0) is 9.59 Å². The van der Waals surface area contributed by atoms with Crippen LogP contribution in [0.5, 0.6) is 0 Å². The molecule has 0 saturated carbocycles. The molecule has 1 heterocycles. The number of thioether (sulfide) groups is 1. The molecule has 1 fully saturated rings. The van der Waals surface area contributed by atoms with Crippen molar-refractivity contribution in [1.29, 1.82) is 0 Å². The van der Waals surface area contributed by atoms with E-state index in [9.17, 15) is 24.8 Å². The molecular formula is C15H14N2O5S2. The van der Waals surface area contributed by atoms with Crippen LogP contribution < -0.4 is 0 Å². The van der Waals surface area contributed by atoms with Gasteiger partial charge >= 0.3 is 5.97 Å². The fourth-order valence-electron chi connectivity index (χ4n) is 2.29. The Bertz CT molecular complexity index is 760. The highest BCUT2D eigenvalue weighted by Crippen LogP contribution is 2.35. The minimum absolute atomic E-state index is 0.0928. The van der Waals surface area contributed by atoms with E-state index in [2.05, 4.69) is 0 Å². The number of carboxylic acid groups (broad SMARTS) is 1. The molecule has 1 saturated heterocycles. The molecule has 0 spiro atoms. The molecule has 0 bridgehead atoms. The van der Waals surface area contributed by atoms with Crippen molar-refractivity contribution < 1.29 is 19.6 Å². The summed E-state index contributed by atoms with van der Waals surface area (Å²) in [6.45, 7) is 3.39. The number of carbonyl (C=O) groups excluding carboxylic acids is 1. The number of non-ortho nitro benzene ring substituents is 1. The molecule has 0 unspecified atom stereocenters. The number of nitro benzene ring substituents is 1. The molecule has 0 radical (unpaired) electrons. The van der Waals surface area contributed by atoms with Gasteiger partial charge in [-0.3, -0.25) is 19.8 Å². The van der Waals surface area contributed by atoms with Crippen LogP contribution in [0, 0.1) is 16.0 Å². The average molecular weight is 366 g/mol. The van der Waals surface area contributed by atoms with Crippen molar-refractivity contribution in [2.75, 3.05) is 0 Å². The van der Waals surface area contributed by atoms with E-state index >= 15 is 0 Å². The Morgan fingerprint density at radius 3 is 2.67 bits per heavy atom. The van der Waals surface area contributed by atoms with Gasteiger partial charge in [-0.05, 0) is 17.6 Å². The highest BCUT2D eigenvalue weighted by molar-refractivity contribution is 8.26. The van der Waals surface area contributed by atoms with Gasteiger partial charge in [-0.1, -0.05) is 50.0 Å². The predicted octanol–water partition coefficient (Wildman–Crippen LogP) is 2.91. The second-order valence-corrected chi connectivity index (χ2v) is 7.11. The molecule has 7 nitrogen and oxygen atoms in total. The van der Waals surface area contributed by atoms with E-state index in [1.54, 1.807) is 19.9 Å². The van der Waals surface area contributed by atoms with Crippen LogP contribution in [0.2, 0.25) is 0 Å². The van der Waals surface area contributed by atoms with Gasteiger partial charge in [0.1, 0.15) is 10.4 Å². The van der Waals surface area contributed by atoms with Crippen LogP contribution in [0.4, 0.5) is 5.69 Å². The predicted molar refractivity (Wildman–Crippen MR) is 94.4 cm³/mol. The van der Waals surface area contributed by atoms with Crippen LogP contribution in [0.25, 0.3) is 6.08 Å². The van der Waals surface area contributed by atoms with E-state index in [1.165, 1.54) is 24.3 Å². The molecule has 1 aromatic rings. The molecule has 1 aromatic carbocycles. The lowest BCUT2D eigenvalue weighted by molar-refractivity contribution is -0.384. The molecule has 2 rings (SSSR count). The van der Waals surface area contributed by atoms with Gasteiger partial charge in [0.25, 0.3) is 11.6 Å². The van der Waals surface area contributed by atoms with E-state index < -0.39 is 22.8 Å². The molecule has 1 N–H and O–H groups in total. The van der Waals surface area contributed by atoms with E-state index in [0.717, 1.165) is 16.7 Å². The Hall–Kier alpha value is -2.26. The lowest BCUT2D eigenvalue weighted by Gasteiger charge is -2.26. The van der Waals surface area contributed by atoms with Gasteiger partial charge in [0.15, 0.2) is 0 Å². The number of hydrogen-bond donors (Lipinski definition) is 1. The minimum Gasteiger partial charge on any atom is -0.480 e. The SMILES string of the molecule is CC(C)[C@@H](C(=O)O)N1C(=O)/C(=C\c2cccc([N+](=O)[O-])c2)SC1=S. The number of benzene rings is 1. The van der Waals surface area contributed by atoms with Crippen molar-refractivity contribution in [2.45, 2.75) is 19.9 Å². The molecule has 1 amide bonds. The first-order valence-corrected chi connectivity index (χ1v) is 8.19. The third-order valence-electron chi connectivity index (χ3n) is 3.37. The summed E-state index contributed by atoms with van der Waals surface area (Å²) < 4.78 is 0.165. The second kappa shape index (κ2) is 7.10. The van der Waals surface area contributed by atoms with E-state index in [0.29, 0.717) is 5.56 Å². The first-order valence-electron chi connectivity index (χ1n) is 6.96. The molecule has 9 heteroatoms. The maximum absolute atomic E-state index is 12.5. The zero-order chi connectivity index (χ0) is 18.0. The molecule has 0 aromatic heterocycles. The topological polar surface area (TPSA) is 101 Å². The Morgan fingerprint density at radius 2 is 2.12 bits per heavy atom. The van der Waals surface area contributed by atoms with E-state index in [1.807, 2.05) is 0 Å². The zero-order valence-electron chi connectivity index (χ0n) is 12.8. The normalized spacial score (nSPS) is 17.6. The first-order chi connectivity index (χ1) is 11.2. The fourth-order valence-corrected chi connectivity index (χ4v) is 3.62. The average Bonchev–Trinajstić information content (AvgIpc) is 2.75. The van der Waals surface area contributed by atoms with Crippen molar-refractivity contribution in [3.05, 3.63) is 44.8 Å². The standard InChI is InChI=1S/C15H14N2O5S2/c1-8(2)12(14(19)20)16-13(18)11(24-15(16)23)7-9-4-3-5-10(6-9)17(21)22/h3-8,12H,1-2H3,(H,19,20)/b11-7+/t12-/m0/s1. The van der Waals surface area contributed by atoms with Gasteiger partial charge in [0, 0.05) is 12.1 Å². The quantitative estimate of drug-likeness (QED) is 0.370. The second-order valence-electron chi connectivity index (χ2n) is 5.43. The van der Waals surface area contributed by atoms with Gasteiger partial charge in [-0.15, -0.1) is 0 Å². The lowest BCUT2D eigenvalue weighted by Crippen LogP contribution is -2.47. The highest BCUT2D eigenvalue weighted by Gasteiger charge is 2.41. The Labute approximate surface area is 147 Å². The van der Waals surface area contributed by atoms with Crippen LogP contribution in [0.15, 0.2) is 29.2 Å². The number of aliphatic carboxylic acids is 1. The van der Waals surface area contributed by atoms with Gasteiger partial charge < -0.3 is 5.11 Å². The summed E-state index contributed by atoms with van der Waals surface area (Å²) >= 11 is 6.14. The van der Waals surface area contributed by atoms with Crippen molar-refractivity contribution >= 4 is 51.9 Å². The maximum Gasteiger partial charge on any atom is 0.327 e. The van der Waals surface area contributed by atoms with Crippen molar-refractivity contribution in [3.8, 4) is 0 Å². The molecule has 1 aliphatic heterocycles. The van der Waals surface area contributed by atoms with Gasteiger partial charge in [0.2, 0.25) is 0 Å². The summed E-state index contributed by atoms with van der Waals surface area (Å²) in [6, 6.07) is 4.77. The summed E-state index contributed by atoms with van der Waals surface area (Å²) in [7, 11) is 0. The van der Waals surface area contributed by atoms with E-state index in [4.69, 9.17) is 12.2 Å². The van der Waals surface area contributed by atoms with Gasteiger partial charge in [0.05, 0.1) is 9.83 Å². The third-order valence-corrected chi connectivity index (χ3v) is 4.70. The fraction of sp³-hybridized carbons (Fsp3) is 0.267. The van der Waals surface area contributed by atoms with Gasteiger partial charge in [-0.2, -0.15) is 0 Å². The number of nitrogens with zero attached hydrogens (tertiary/aromatic N) is 2. The number of amides is 1. The molecule has 24 heavy (non-hydrogen) atoms. The summed E-state index contributed by atoms with van der Waals surface area (Å²) in [6.07, 6.45) is 1.48. The Balaban J connectivity index is 2.36. The van der Waals surface area contributed by atoms with Gasteiger partial charge in [-0.25, -0.2) is 4.79 Å². The van der Waals surface area contributed by atoms with Crippen LogP contribution in [0.3, 0.4) is 0 Å². The van der Waals surface area contributed by atoms with E-state index in [-0.39, 0.29) is 20.8 Å². The number of carbonyl (C=O) groups is 2. The number of hydrogen-bond acceptors (Lipinski definition) is 6. The first kappa shape index (κ1) is 18.1. The molecular weight excluding hydrogens is 352 g/mol. The molecule has 0 aliphatic carbocycles. The Kier molecular flexibility index (Phi) is 5.35.